The van der Waals surface area contributed by atoms with Crippen molar-refractivity contribution in [1.29, 1.82) is 0 Å². The number of carbonyl (C=O) groups excluding carboxylic acids is 2. The van der Waals surface area contributed by atoms with E-state index in [0.717, 1.165) is 10.5 Å². The number of ether oxygens (including phenoxy) is 1. The van der Waals surface area contributed by atoms with E-state index in [1.54, 1.807) is 36.4 Å². The Kier molecular flexibility index (Phi) is 5.24. The lowest BCUT2D eigenvalue weighted by molar-refractivity contribution is -0.121. The third-order valence-corrected chi connectivity index (χ3v) is 4.61. The molecule has 1 aliphatic heterocycles. The van der Waals surface area contributed by atoms with Crippen LogP contribution in [0.2, 0.25) is 5.02 Å². The number of aryl methyl sites for hydroxylation is 1. The van der Waals surface area contributed by atoms with Crippen molar-refractivity contribution >= 4 is 34.7 Å². The van der Waals surface area contributed by atoms with E-state index in [4.69, 9.17) is 16.3 Å². The van der Waals surface area contributed by atoms with Gasteiger partial charge in [0, 0.05) is 5.02 Å². The average molecular weight is 386 g/mol. The first-order valence-corrected chi connectivity index (χ1v) is 8.98. The molecule has 2 amide bonds. The molecule has 0 radical (unpaired) electrons. The third-order valence-electron chi connectivity index (χ3n) is 4.20. The Morgan fingerprint density at radius 3 is 2.33 bits per heavy atom. The van der Waals surface area contributed by atoms with Crippen LogP contribution in [0.3, 0.4) is 0 Å². The van der Waals surface area contributed by atoms with Gasteiger partial charge in [0.1, 0.15) is 5.75 Å². The largest absolute Gasteiger partial charge is 0.502 e. The van der Waals surface area contributed by atoms with Crippen LogP contribution in [0.15, 0.2) is 48.2 Å². The highest BCUT2D eigenvalue weighted by atomic mass is 35.5. The molecule has 27 heavy (non-hydrogen) atoms. The maximum atomic E-state index is 12.8. The molecule has 3 rings (SSSR count). The first-order valence-electron chi connectivity index (χ1n) is 8.61. The molecule has 0 bridgehead atoms. The van der Waals surface area contributed by atoms with E-state index in [-0.39, 0.29) is 5.57 Å². The van der Waals surface area contributed by atoms with Gasteiger partial charge in [-0.05, 0) is 48.2 Å². The Hall–Kier alpha value is -2.79. The highest BCUT2D eigenvalue weighted by molar-refractivity contribution is 6.45. The van der Waals surface area contributed by atoms with Crippen LogP contribution in [0.25, 0.3) is 5.57 Å². The van der Waals surface area contributed by atoms with E-state index in [1.165, 1.54) is 6.07 Å². The molecular weight excluding hydrogens is 366 g/mol. The Bertz CT molecular complexity index is 932. The monoisotopic (exact) mass is 385 g/mol. The van der Waals surface area contributed by atoms with Crippen molar-refractivity contribution < 1.29 is 19.4 Å². The smallest absolute Gasteiger partial charge is 0.301 e. The van der Waals surface area contributed by atoms with Crippen LogP contribution < -0.4 is 9.64 Å². The zero-order chi connectivity index (χ0) is 19.7. The quantitative estimate of drug-likeness (QED) is 0.768. The molecule has 6 heteroatoms. The normalized spacial score (nSPS) is 14.5. The first kappa shape index (κ1) is 19.0. The molecule has 0 saturated heterocycles. The van der Waals surface area contributed by atoms with Gasteiger partial charge in [0.2, 0.25) is 0 Å². The zero-order valence-corrected chi connectivity index (χ0v) is 16.1. The molecule has 2 aromatic carbocycles. The van der Waals surface area contributed by atoms with Crippen LogP contribution in [0, 0.1) is 12.8 Å². The fourth-order valence-electron chi connectivity index (χ4n) is 2.71. The van der Waals surface area contributed by atoms with Crippen LogP contribution in [0.5, 0.6) is 5.75 Å². The summed E-state index contributed by atoms with van der Waals surface area (Å²) in [6.45, 7) is 6.49. The fourth-order valence-corrected chi connectivity index (χ4v) is 2.89. The summed E-state index contributed by atoms with van der Waals surface area (Å²) in [6, 6.07) is 11.6. The lowest BCUT2D eigenvalue weighted by Gasteiger charge is -2.15. The number of aliphatic hydroxyl groups is 1. The number of aliphatic hydroxyl groups excluding tert-OH is 1. The molecule has 1 N–H and O–H groups in total. The van der Waals surface area contributed by atoms with Crippen LogP contribution >= 0.6 is 11.6 Å². The highest BCUT2D eigenvalue weighted by Gasteiger charge is 2.40. The van der Waals surface area contributed by atoms with E-state index < -0.39 is 17.6 Å². The zero-order valence-electron chi connectivity index (χ0n) is 15.3. The number of hydrogen-bond donors (Lipinski definition) is 1. The van der Waals surface area contributed by atoms with Crippen LogP contribution in [0.4, 0.5) is 5.69 Å². The Morgan fingerprint density at radius 2 is 1.74 bits per heavy atom. The highest BCUT2D eigenvalue weighted by Crippen LogP contribution is 2.34. The van der Waals surface area contributed by atoms with Gasteiger partial charge in [-0.15, -0.1) is 0 Å². The van der Waals surface area contributed by atoms with Crippen molar-refractivity contribution in [3.8, 4) is 5.75 Å². The SMILES string of the molecule is Cc1ccc(N2C(=O)C(O)=C(c3ccc(OCC(C)C)cc3)C2=O)cc1Cl. The maximum Gasteiger partial charge on any atom is 0.301 e. The van der Waals surface area contributed by atoms with E-state index in [9.17, 15) is 14.7 Å². The second-order valence-electron chi connectivity index (χ2n) is 6.83. The summed E-state index contributed by atoms with van der Waals surface area (Å²) in [7, 11) is 0. The second-order valence-corrected chi connectivity index (χ2v) is 7.24. The average Bonchev–Trinajstić information content (AvgIpc) is 2.85. The summed E-state index contributed by atoms with van der Waals surface area (Å²) in [4.78, 5) is 26.2. The number of benzene rings is 2. The molecular formula is C21H20ClNO4. The van der Waals surface area contributed by atoms with Crippen LogP contribution in [0.1, 0.15) is 25.0 Å². The van der Waals surface area contributed by atoms with Gasteiger partial charge in [-0.3, -0.25) is 9.59 Å². The number of carbonyl (C=O) groups is 2. The van der Waals surface area contributed by atoms with Gasteiger partial charge in [-0.25, -0.2) is 4.90 Å². The summed E-state index contributed by atoms with van der Waals surface area (Å²) < 4.78 is 5.62. The van der Waals surface area contributed by atoms with Gasteiger partial charge >= 0.3 is 5.91 Å². The number of anilines is 1. The van der Waals surface area contributed by atoms with E-state index in [0.29, 0.717) is 34.5 Å². The molecule has 0 saturated carbocycles. The number of rotatable bonds is 5. The Morgan fingerprint density at radius 1 is 1.07 bits per heavy atom. The fraction of sp³-hybridized carbons (Fsp3) is 0.238. The van der Waals surface area contributed by atoms with Crippen LogP contribution in [-0.4, -0.2) is 23.5 Å². The molecule has 1 heterocycles. The van der Waals surface area contributed by atoms with Gasteiger partial charge in [0.15, 0.2) is 5.76 Å². The first-order chi connectivity index (χ1) is 12.8. The van der Waals surface area contributed by atoms with Crippen molar-refractivity contribution in [2.45, 2.75) is 20.8 Å². The maximum absolute atomic E-state index is 12.8. The number of imide groups is 1. The molecule has 1 aliphatic rings. The molecule has 0 aliphatic carbocycles. The van der Waals surface area contributed by atoms with Crippen molar-refractivity contribution in [1.82, 2.24) is 0 Å². The minimum atomic E-state index is -0.768. The van der Waals surface area contributed by atoms with Gasteiger partial charge < -0.3 is 9.84 Å². The predicted octanol–water partition coefficient (Wildman–Crippen LogP) is 4.53. The number of halogens is 1. The third kappa shape index (κ3) is 3.69. The minimum absolute atomic E-state index is 0.0351. The van der Waals surface area contributed by atoms with Gasteiger partial charge in [0.25, 0.3) is 5.91 Å². The molecule has 140 valence electrons. The second kappa shape index (κ2) is 7.45. The molecule has 0 unspecified atom stereocenters. The standard InChI is InChI=1S/C21H20ClNO4/c1-12(2)11-27-16-8-5-14(6-9-16)18-19(24)21(26)23(20(18)25)15-7-4-13(3)17(22)10-15/h4-10,12,24H,11H2,1-3H3. The lowest BCUT2D eigenvalue weighted by Crippen LogP contribution is -2.31. The van der Waals surface area contributed by atoms with Crippen molar-refractivity contribution in [3.05, 3.63) is 64.4 Å². The van der Waals surface area contributed by atoms with E-state index in [1.807, 2.05) is 20.8 Å². The summed E-state index contributed by atoms with van der Waals surface area (Å²) in [5, 5.41) is 10.7. The molecule has 0 atom stereocenters. The van der Waals surface area contributed by atoms with E-state index >= 15 is 0 Å². The van der Waals surface area contributed by atoms with Gasteiger partial charge in [-0.1, -0.05) is 43.6 Å². The minimum Gasteiger partial charge on any atom is -0.502 e. The topological polar surface area (TPSA) is 66.8 Å². The summed E-state index contributed by atoms with van der Waals surface area (Å²) >= 11 is 6.11. The van der Waals surface area contributed by atoms with Gasteiger partial charge in [0.05, 0.1) is 17.9 Å². The summed E-state index contributed by atoms with van der Waals surface area (Å²) in [5.41, 5.74) is 1.56. The molecule has 0 aromatic heterocycles. The molecule has 5 nitrogen and oxygen atoms in total. The summed E-state index contributed by atoms with van der Waals surface area (Å²) in [5.74, 6) is -0.886. The van der Waals surface area contributed by atoms with Crippen molar-refractivity contribution in [2.24, 2.45) is 5.92 Å². The predicted molar refractivity (Wildman–Crippen MR) is 105 cm³/mol. The Labute approximate surface area is 162 Å². The number of amides is 2. The lowest BCUT2D eigenvalue weighted by atomic mass is 10.1. The molecule has 0 fully saturated rings. The Balaban J connectivity index is 1.89. The van der Waals surface area contributed by atoms with E-state index in [2.05, 4.69) is 0 Å². The molecule has 0 spiro atoms. The summed E-state index contributed by atoms with van der Waals surface area (Å²) in [6.07, 6.45) is 0. The van der Waals surface area contributed by atoms with Crippen molar-refractivity contribution in [2.75, 3.05) is 11.5 Å². The number of nitrogens with zero attached hydrogens (tertiary/aromatic N) is 1. The van der Waals surface area contributed by atoms with Gasteiger partial charge in [-0.2, -0.15) is 0 Å². The number of hydrogen-bond acceptors (Lipinski definition) is 4. The van der Waals surface area contributed by atoms with Crippen molar-refractivity contribution in [3.63, 3.8) is 0 Å². The van der Waals surface area contributed by atoms with Crippen LogP contribution in [-0.2, 0) is 9.59 Å². The molecule has 2 aromatic rings.